The van der Waals surface area contributed by atoms with Crippen LogP contribution in [0.15, 0.2) is 35.9 Å². The molecule has 33 heavy (non-hydrogen) atoms. The Hall–Kier alpha value is -2.83. The van der Waals surface area contributed by atoms with Gasteiger partial charge in [-0.1, -0.05) is 58.9 Å². The molecule has 0 bridgehead atoms. The minimum atomic E-state index is -0.724. The van der Waals surface area contributed by atoms with Gasteiger partial charge in [-0.2, -0.15) is 0 Å². The summed E-state index contributed by atoms with van der Waals surface area (Å²) in [6.07, 6.45) is 2.36. The molecule has 0 fully saturated rings. The molecule has 1 aliphatic heterocycles. The minimum Gasteiger partial charge on any atom is -0.463 e. The summed E-state index contributed by atoms with van der Waals surface area (Å²) < 4.78 is 5.09. The standard InChI is InChI=1S/C26H39N3O4/c1-9-33-25(32)17(4)14-21(16(2)3)29(8)24(31)22(26(5,6)7)28-23(30)20-15-18-12-10-11-13-19(18)27-20/h10-14,16,20-22,27H,9,15H2,1-8H3,(H,28,30)/b17-14+/t20?,21-,22?/m1/s1. The summed E-state index contributed by atoms with van der Waals surface area (Å²) in [5.41, 5.74) is 1.99. The second kappa shape index (κ2) is 10.9. The SMILES string of the molecule is CCOC(=O)/C(C)=C/[C@H](C(C)C)N(C)C(=O)C(NC(=O)C1Cc2ccccc2N1)C(C)(C)C. The molecule has 2 rings (SSSR count). The topological polar surface area (TPSA) is 87.7 Å². The molecule has 7 heteroatoms. The number of ether oxygens (including phenoxy) is 1. The highest BCUT2D eigenvalue weighted by molar-refractivity contribution is 5.93. The van der Waals surface area contributed by atoms with Crippen molar-refractivity contribution in [3.63, 3.8) is 0 Å². The first kappa shape index (κ1) is 26.4. The van der Waals surface area contributed by atoms with Gasteiger partial charge in [0.15, 0.2) is 0 Å². The van der Waals surface area contributed by atoms with Crippen molar-refractivity contribution in [1.29, 1.82) is 0 Å². The van der Waals surface area contributed by atoms with Gasteiger partial charge in [-0.3, -0.25) is 9.59 Å². The van der Waals surface area contributed by atoms with E-state index in [1.54, 1.807) is 31.9 Å². The molecule has 2 amide bonds. The molecule has 2 unspecified atom stereocenters. The number of anilines is 1. The second-order valence-corrected chi connectivity index (χ2v) is 10.1. The summed E-state index contributed by atoms with van der Waals surface area (Å²) in [5.74, 6) is -0.729. The van der Waals surface area contributed by atoms with Gasteiger partial charge >= 0.3 is 5.97 Å². The molecule has 1 aromatic carbocycles. The van der Waals surface area contributed by atoms with Crippen molar-refractivity contribution < 1.29 is 19.1 Å². The molecule has 0 saturated heterocycles. The first-order valence-corrected chi connectivity index (χ1v) is 11.6. The van der Waals surface area contributed by atoms with Crippen molar-refractivity contribution in [3.05, 3.63) is 41.5 Å². The van der Waals surface area contributed by atoms with Crippen LogP contribution in [-0.2, 0) is 25.5 Å². The summed E-state index contributed by atoms with van der Waals surface area (Å²) in [5, 5.41) is 6.25. The Bertz CT molecular complexity index is 876. The van der Waals surface area contributed by atoms with E-state index < -0.39 is 23.5 Å². The van der Waals surface area contributed by atoms with Crippen LogP contribution in [0.25, 0.3) is 0 Å². The van der Waals surface area contributed by atoms with Gasteiger partial charge in [-0.05, 0) is 36.8 Å². The van der Waals surface area contributed by atoms with Crippen LogP contribution in [0.2, 0.25) is 0 Å². The quantitative estimate of drug-likeness (QED) is 0.460. The molecule has 1 aliphatic rings. The maximum atomic E-state index is 13.6. The first-order chi connectivity index (χ1) is 15.4. The number of amides is 2. The molecule has 182 valence electrons. The highest BCUT2D eigenvalue weighted by atomic mass is 16.5. The number of esters is 1. The number of para-hydroxylation sites is 1. The number of likely N-dealkylation sites (N-methyl/N-ethyl adjacent to an activating group) is 1. The average Bonchev–Trinajstić information content (AvgIpc) is 3.18. The lowest BCUT2D eigenvalue weighted by molar-refractivity contribution is -0.140. The van der Waals surface area contributed by atoms with Crippen LogP contribution in [0.5, 0.6) is 0 Å². The molecule has 0 radical (unpaired) electrons. The van der Waals surface area contributed by atoms with E-state index in [1.807, 2.05) is 58.9 Å². The Morgan fingerprint density at radius 1 is 1.24 bits per heavy atom. The molecule has 2 N–H and O–H groups in total. The van der Waals surface area contributed by atoms with Gasteiger partial charge in [0.05, 0.1) is 12.6 Å². The Kier molecular flexibility index (Phi) is 8.69. The van der Waals surface area contributed by atoms with Crippen LogP contribution in [0, 0.1) is 11.3 Å². The van der Waals surface area contributed by atoms with Gasteiger partial charge in [0, 0.05) is 24.7 Å². The lowest BCUT2D eigenvalue weighted by Crippen LogP contribution is -2.58. The number of nitrogens with zero attached hydrogens (tertiary/aromatic N) is 1. The van der Waals surface area contributed by atoms with Crippen molar-refractivity contribution in [2.75, 3.05) is 19.0 Å². The lowest BCUT2D eigenvalue weighted by atomic mass is 9.85. The zero-order valence-corrected chi connectivity index (χ0v) is 21.2. The normalized spacial score (nSPS) is 17.6. The smallest absolute Gasteiger partial charge is 0.333 e. The van der Waals surface area contributed by atoms with Crippen LogP contribution in [-0.4, -0.2) is 54.5 Å². The van der Waals surface area contributed by atoms with E-state index in [-0.39, 0.29) is 23.8 Å². The van der Waals surface area contributed by atoms with Crippen molar-refractivity contribution in [1.82, 2.24) is 10.2 Å². The fourth-order valence-electron chi connectivity index (χ4n) is 4.02. The van der Waals surface area contributed by atoms with Crippen LogP contribution in [0.1, 0.15) is 54.0 Å². The van der Waals surface area contributed by atoms with Gasteiger partial charge in [0.1, 0.15) is 12.1 Å². The Morgan fingerprint density at radius 3 is 2.42 bits per heavy atom. The minimum absolute atomic E-state index is 0.0608. The summed E-state index contributed by atoms with van der Waals surface area (Å²) in [6, 6.07) is 6.37. The van der Waals surface area contributed by atoms with Crippen molar-refractivity contribution in [3.8, 4) is 0 Å². The molecular formula is C26H39N3O4. The highest BCUT2D eigenvalue weighted by Gasteiger charge is 2.39. The number of carbonyl (C=O) groups is 3. The number of fused-ring (bicyclic) bond motifs is 1. The van der Waals surface area contributed by atoms with Crippen molar-refractivity contribution in [2.45, 2.75) is 73.0 Å². The zero-order chi connectivity index (χ0) is 24.9. The molecule has 3 atom stereocenters. The Labute approximate surface area is 197 Å². The van der Waals surface area contributed by atoms with E-state index in [0.717, 1.165) is 11.3 Å². The number of nitrogens with one attached hydrogen (secondary N) is 2. The van der Waals surface area contributed by atoms with Crippen molar-refractivity contribution >= 4 is 23.5 Å². The van der Waals surface area contributed by atoms with E-state index in [9.17, 15) is 14.4 Å². The number of hydrogen-bond acceptors (Lipinski definition) is 5. The average molecular weight is 458 g/mol. The summed E-state index contributed by atoms with van der Waals surface area (Å²) in [4.78, 5) is 40.5. The largest absolute Gasteiger partial charge is 0.463 e. The van der Waals surface area contributed by atoms with Gasteiger partial charge in [-0.25, -0.2) is 4.79 Å². The Morgan fingerprint density at radius 2 is 1.88 bits per heavy atom. The first-order valence-electron chi connectivity index (χ1n) is 11.6. The molecule has 0 aliphatic carbocycles. The van der Waals surface area contributed by atoms with Crippen LogP contribution in [0.4, 0.5) is 5.69 Å². The summed E-state index contributed by atoms with van der Waals surface area (Å²) >= 11 is 0. The highest BCUT2D eigenvalue weighted by Crippen LogP contribution is 2.27. The zero-order valence-electron chi connectivity index (χ0n) is 21.2. The molecule has 0 spiro atoms. The van der Waals surface area contributed by atoms with Gasteiger partial charge in [-0.15, -0.1) is 0 Å². The molecule has 1 aromatic rings. The van der Waals surface area contributed by atoms with Crippen LogP contribution >= 0.6 is 0 Å². The van der Waals surface area contributed by atoms with E-state index in [0.29, 0.717) is 18.6 Å². The maximum Gasteiger partial charge on any atom is 0.333 e. The molecule has 7 nitrogen and oxygen atoms in total. The molecule has 1 heterocycles. The fraction of sp³-hybridized carbons (Fsp3) is 0.577. The monoisotopic (exact) mass is 457 g/mol. The van der Waals surface area contributed by atoms with Gasteiger partial charge in [0.2, 0.25) is 11.8 Å². The Balaban J connectivity index is 2.21. The van der Waals surface area contributed by atoms with Gasteiger partial charge < -0.3 is 20.3 Å². The predicted octanol–water partition coefficient (Wildman–Crippen LogP) is 3.55. The number of carbonyl (C=O) groups excluding carboxylic acids is 3. The fourth-order valence-corrected chi connectivity index (χ4v) is 4.02. The van der Waals surface area contributed by atoms with E-state index in [4.69, 9.17) is 4.74 Å². The van der Waals surface area contributed by atoms with Crippen molar-refractivity contribution in [2.24, 2.45) is 11.3 Å². The predicted molar refractivity (Wildman–Crippen MR) is 131 cm³/mol. The molecular weight excluding hydrogens is 418 g/mol. The number of benzene rings is 1. The summed E-state index contributed by atoms with van der Waals surface area (Å²) in [6.45, 7) is 13.5. The third-order valence-electron chi connectivity index (χ3n) is 5.98. The lowest BCUT2D eigenvalue weighted by Gasteiger charge is -2.37. The number of rotatable bonds is 8. The molecule has 0 saturated carbocycles. The van der Waals surface area contributed by atoms with Gasteiger partial charge in [0.25, 0.3) is 0 Å². The van der Waals surface area contributed by atoms with Crippen LogP contribution < -0.4 is 10.6 Å². The van der Waals surface area contributed by atoms with E-state index in [2.05, 4.69) is 10.6 Å². The third kappa shape index (κ3) is 6.59. The summed E-state index contributed by atoms with van der Waals surface area (Å²) in [7, 11) is 1.72. The number of hydrogen-bond donors (Lipinski definition) is 2. The molecule has 0 aromatic heterocycles. The van der Waals surface area contributed by atoms with E-state index in [1.165, 1.54) is 0 Å². The third-order valence-corrected chi connectivity index (χ3v) is 5.98. The maximum absolute atomic E-state index is 13.6. The van der Waals surface area contributed by atoms with Crippen LogP contribution in [0.3, 0.4) is 0 Å². The second-order valence-electron chi connectivity index (χ2n) is 10.1. The van der Waals surface area contributed by atoms with E-state index >= 15 is 0 Å².